The summed E-state index contributed by atoms with van der Waals surface area (Å²) in [5.41, 5.74) is 0.361. The first-order valence-electron chi connectivity index (χ1n) is 5.84. The Morgan fingerprint density at radius 1 is 1.44 bits per heavy atom. The maximum atomic E-state index is 11.9. The molecule has 5 heteroatoms. The predicted octanol–water partition coefficient (Wildman–Crippen LogP) is 2.18. The lowest BCUT2D eigenvalue weighted by atomic mass is 10.0. The minimum Gasteiger partial charge on any atom is -0.506 e. The van der Waals surface area contributed by atoms with Crippen molar-refractivity contribution >= 4 is 17.5 Å². The number of hydrogen-bond acceptors (Lipinski definition) is 3. The topological polar surface area (TPSA) is 69.6 Å². The monoisotopic (exact) mass is 271 g/mol. The van der Waals surface area contributed by atoms with E-state index in [1.807, 2.05) is 13.8 Å². The number of amides is 1. The molecular weight excluding hydrogens is 254 g/mol. The molecule has 1 rings (SSSR count). The normalized spacial score (nSPS) is 12.5. The largest absolute Gasteiger partial charge is 0.506 e. The summed E-state index contributed by atoms with van der Waals surface area (Å²) in [5.74, 6) is 0.0107. The minimum absolute atomic E-state index is 0.0610. The van der Waals surface area contributed by atoms with Crippen molar-refractivity contribution in [1.82, 2.24) is 5.32 Å². The molecule has 0 spiro atoms. The number of benzene rings is 1. The average molecular weight is 272 g/mol. The van der Waals surface area contributed by atoms with Gasteiger partial charge in [0.2, 0.25) is 0 Å². The second-order valence-electron chi connectivity index (χ2n) is 4.65. The highest BCUT2D eigenvalue weighted by Crippen LogP contribution is 2.23. The van der Waals surface area contributed by atoms with E-state index in [9.17, 15) is 15.0 Å². The summed E-state index contributed by atoms with van der Waals surface area (Å²) in [4.78, 5) is 11.9. The van der Waals surface area contributed by atoms with Gasteiger partial charge >= 0.3 is 0 Å². The summed E-state index contributed by atoms with van der Waals surface area (Å²) >= 11 is 5.73. The SMILES string of the molecule is CC(C)CC(CO)NC(=O)c1ccc(O)c(Cl)c1. The van der Waals surface area contributed by atoms with Crippen molar-refractivity contribution in [3.05, 3.63) is 28.8 Å². The molecule has 1 unspecified atom stereocenters. The van der Waals surface area contributed by atoms with E-state index in [1.54, 1.807) is 0 Å². The summed E-state index contributed by atoms with van der Waals surface area (Å²) in [6, 6.07) is 3.98. The lowest BCUT2D eigenvalue weighted by Crippen LogP contribution is -2.38. The van der Waals surface area contributed by atoms with E-state index in [4.69, 9.17) is 11.6 Å². The van der Waals surface area contributed by atoms with Crippen LogP contribution in [0.5, 0.6) is 5.75 Å². The van der Waals surface area contributed by atoms with Crippen LogP contribution in [-0.4, -0.2) is 28.8 Å². The lowest BCUT2D eigenvalue weighted by Gasteiger charge is -2.18. The van der Waals surface area contributed by atoms with Gasteiger partial charge in [-0.2, -0.15) is 0 Å². The molecule has 0 fully saturated rings. The molecule has 1 atom stereocenters. The summed E-state index contributed by atoms with van der Waals surface area (Å²) in [6.07, 6.45) is 0.702. The molecule has 1 amide bonds. The average Bonchev–Trinajstić information content (AvgIpc) is 2.31. The maximum absolute atomic E-state index is 11.9. The van der Waals surface area contributed by atoms with Crippen LogP contribution < -0.4 is 5.32 Å². The number of nitrogens with one attached hydrogen (secondary N) is 1. The Kier molecular flexibility index (Phi) is 5.44. The Balaban J connectivity index is 2.71. The van der Waals surface area contributed by atoms with E-state index < -0.39 is 0 Å². The highest BCUT2D eigenvalue weighted by atomic mass is 35.5. The van der Waals surface area contributed by atoms with E-state index in [0.29, 0.717) is 17.9 Å². The molecule has 4 nitrogen and oxygen atoms in total. The third-order valence-corrected chi connectivity index (χ3v) is 2.82. The summed E-state index contributed by atoms with van der Waals surface area (Å²) in [7, 11) is 0. The van der Waals surface area contributed by atoms with Gasteiger partial charge in [-0.1, -0.05) is 25.4 Å². The first-order chi connectivity index (χ1) is 8.43. The Hall–Kier alpha value is -1.26. The first kappa shape index (κ1) is 14.8. The quantitative estimate of drug-likeness (QED) is 0.769. The van der Waals surface area contributed by atoms with Crippen LogP contribution >= 0.6 is 11.6 Å². The predicted molar refractivity (Wildman–Crippen MR) is 70.9 cm³/mol. The van der Waals surface area contributed by atoms with Crippen LogP contribution in [0.3, 0.4) is 0 Å². The molecule has 0 aromatic heterocycles. The number of carbonyl (C=O) groups is 1. The van der Waals surface area contributed by atoms with Crippen molar-refractivity contribution in [3.8, 4) is 5.75 Å². The maximum Gasteiger partial charge on any atom is 0.251 e. The van der Waals surface area contributed by atoms with E-state index in [-0.39, 0.29) is 29.3 Å². The van der Waals surface area contributed by atoms with Crippen molar-refractivity contribution in [1.29, 1.82) is 0 Å². The molecule has 1 aromatic rings. The lowest BCUT2D eigenvalue weighted by molar-refractivity contribution is 0.0908. The number of hydrogen-bond donors (Lipinski definition) is 3. The molecule has 18 heavy (non-hydrogen) atoms. The van der Waals surface area contributed by atoms with Crippen LogP contribution in [0.2, 0.25) is 5.02 Å². The van der Waals surface area contributed by atoms with Gasteiger partial charge in [0.1, 0.15) is 5.75 Å². The van der Waals surface area contributed by atoms with Crippen molar-refractivity contribution in [2.45, 2.75) is 26.3 Å². The molecule has 1 aromatic carbocycles. The van der Waals surface area contributed by atoms with Gasteiger partial charge in [0, 0.05) is 5.56 Å². The van der Waals surface area contributed by atoms with Crippen LogP contribution in [0.4, 0.5) is 0 Å². The van der Waals surface area contributed by atoms with E-state index in [1.165, 1.54) is 18.2 Å². The highest BCUT2D eigenvalue weighted by molar-refractivity contribution is 6.32. The molecule has 0 aliphatic rings. The smallest absolute Gasteiger partial charge is 0.251 e. The number of halogens is 1. The zero-order valence-corrected chi connectivity index (χ0v) is 11.2. The molecule has 3 N–H and O–H groups in total. The molecule has 0 aliphatic heterocycles. The third-order valence-electron chi connectivity index (χ3n) is 2.52. The van der Waals surface area contributed by atoms with Crippen LogP contribution in [0.25, 0.3) is 0 Å². The number of phenols is 1. The number of phenolic OH excluding ortho intramolecular Hbond substituents is 1. The molecule has 0 aliphatic carbocycles. The van der Waals surface area contributed by atoms with Gasteiger partial charge in [-0.05, 0) is 30.5 Å². The summed E-state index contributed by atoms with van der Waals surface area (Å²) < 4.78 is 0. The standard InChI is InChI=1S/C13H18ClNO3/c1-8(2)5-10(7-16)15-13(18)9-3-4-12(17)11(14)6-9/h3-4,6,8,10,16-17H,5,7H2,1-2H3,(H,15,18). The molecular formula is C13H18ClNO3. The Morgan fingerprint density at radius 2 is 2.11 bits per heavy atom. The summed E-state index contributed by atoms with van der Waals surface area (Å²) in [6.45, 7) is 3.94. The molecule has 0 radical (unpaired) electrons. The van der Waals surface area contributed by atoms with Crippen molar-refractivity contribution in [2.75, 3.05) is 6.61 Å². The minimum atomic E-state index is -0.309. The summed E-state index contributed by atoms with van der Waals surface area (Å²) in [5, 5.41) is 21.3. The van der Waals surface area contributed by atoms with Gasteiger partial charge in [-0.15, -0.1) is 0 Å². The number of aliphatic hydroxyl groups is 1. The van der Waals surface area contributed by atoms with Gasteiger partial charge in [-0.3, -0.25) is 4.79 Å². The fourth-order valence-electron chi connectivity index (χ4n) is 1.67. The Bertz CT molecular complexity index is 421. The second kappa shape index (κ2) is 6.61. The van der Waals surface area contributed by atoms with E-state index >= 15 is 0 Å². The van der Waals surface area contributed by atoms with E-state index in [2.05, 4.69) is 5.32 Å². The fourth-order valence-corrected chi connectivity index (χ4v) is 1.85. The van der Waals surface area contributed by atoms with Gasteiger partial charge in [0.25, 0.3) is 5.91 Å². The van der Waals surface area contributed by atoms with E-state index in [0.717, 1.165) is 0 Å². The van der Waals surface area contributed by atoms with Crippen molar-refractivity contribution < 1.29 is 15.0 Å². The molecule has 0 saturated carbocycles. The van der Waals surface area contributed by atoms with Crippen LogP contribution in [0.1, 0.15) is 30.6 Å². The zero-order chi connectivity index (χ0) is 13.7. The fraction of sp³-hybridized carbons (Fsp3) is 0.462. The van der Waals surface area contributed by atoms with Crippen molar-refractivity contribution in [3.63, 3.8) is 0 Å². The second-order valence-corrected chi connectivity index (χ2v) is 5.06. The molecule has 100 valence electrons. The van der Waals surface area contributed by atoms with Gasteiger partial charge < -0.3 is 15.5 Å². The number of rotatable bonds is 5. The van der Waals surface area contributed by atoms with Gasteiger partial charge in [-0.25, -0.2) is 0 Å². The first-order valence-corrected chi connectivity index (χ1v) is 6.22. The number of aromatic hydroxyl groups is 1. The molecule has 0 heterocycles. The van der Waals surface area contributed by atoms with Gasteiger partial charge in [0.05, 0.1) is 17.7 Å². The number of aliphatic hydroxyl groups excluding tert-OH is 1. The molecule has 0 bridgehead atoms. The number of carbonyl (C=O) groups excluding carboxylic acids is 1. The van der Waals surface area contributed by atoms with Crippen LogP contribution in [-0.2, 0) is 0 Å². The third kappa shape index (κ3) is 4.20. The van der Waals surface area contributed by atoms with Crippen molar-refractivity contribution in [2.24, 2.45) is 5.92 Å². The van der Waals surface area contributed by atoms with Gasteiger partial charge in [0.15, 0.2) is 0 Å². The van der Waals surface area contributed by atoms with Crippen LogP contribution in [0.15, 0.2) is 18.2 Å². The zero-order valence-electron chi connectivity index (χ0n) is 10.5. The highest BCUT2D eigenvalue weighted by Gasteiger charge is 2.15. The Labute approximate surface area is 112 Å². The molecule has 0 saturated heterocycles. The van der Waals surface area contributed by atoms with Crippen LogP contribution in [0, 0.1) is 5.92 Å². The Morgan fingerprint density at radius 3 is 2.61 bits per heavy atom.